The van der Waals surface area contributed by atoms with Crippen molar-refractivity contribution < 1.29 is 19.2 Å². The summed E-state index contributed by atoms with van der Waals surface area (Å²) in [5.41, 5.74) is 1.52. The average molecular weight is 420 g/mol. The number of nitro groups is 1. The Kier molecular flexibility index (Phi) is 7.22. The van der Waals surface area contributed by atoms with Crippen molar-refractivity contribution in [3.63, 3.8) is 0 Å². The van der Waals surface area contributed by atoms with Gasteiger partial charge in [-0.1, -0.05) is 60.7 Å². The maximum absolute atomic E-state index is 13.2. The number of carbonyl (C=O) groups excluding carboxylic acids is 1. The van der Waals surface area contributed by atoms with Gasteiger partial charge in [0.1, 0.15) is 5.56 Å². The Labute approximate surface area is 180 Å². The molecule has 1 N–H and O–H groups in total. The number of rotatable bonds is 9. The van der Waals surface area contributed by atoms with Crippen LogP contribution in [0.2, 0.25) is 0 Å². The first-order valence-electron chi connectivity index (χ1n) is 9.92. The first-order chi connectivity index (χ1) is 15.0. The van der Waals surface area contributed by atoms with Crippen LogP contribution in [0.4, 0.5) is 5.69 Å². The van der Waals surface area contributed by atoms with Gasteiger partial charge in [0.25, 0.3) is 11.6 Å². The Bertz CT molecular complexity index is 1040. The molecular weight excluding hydrogens is 396 g/mol. The first kappa shape index (κ1) is 21.8. The SMILES string of the molecule is CCOc1cc(C(=O)NC(Cc2ccccc2)c2ccccc2)c([N+](=O)[O-])cc1OC. The minimum Gasteiger partial charge on any atom is -0.493 e. The normalized spacial score (nSPS) is 11.4. The third-order valence-electron chi connectivity index (χ3n) is 4.81. The zero-order valence-corrected chi connectivity index (χ0v) is 17.4. The summed E-state index contributed by atoms with van der Waals surface area (Å²) in [6.07, 6.45) is 0.541. The predicted molar refractivity (Wildman–Crippen MR) is 118 cm³/mol. The van der Waals surface area contributed by atoms with E-state index in [1.165, 1.54) is 19.2 Å². The van der Waals surface area contributed by atoms with Crippen LogP contribution in [0, 0.1) is 10.1 Å². The molecule has 0 aliphatic carbocycles. The molecule has 0 saturated heterocycles. The van der Waals surface area contributed by atoms with E-state index in [1.807, 2.05) is 60.7 Å². The van der Waals surface area contributed by atoms with Crippen LogP contribution < -0.4 is 14.8 Å². The van der Waals surface area contributed by atoms with Crippen molar-refractivity contribution in [3.05, 3.63) is 99.6 Å². The van der Waals surface area contributed by atoms with Crippen LogP contribution in [-0.4, -0.2) is 24.5 Å². The number of nitrogens with zero attached hydrogens (tertiary/aromatic N) is 1. The zero-order valence-electron chi connectivity index (χ0n) is 17.4. The lowest BCUT2D eigenvalue weighted by atomic mass is 9.98. The maximum Gasteiger partial charge on any atom is 0.286 e. The smallest absolute Gasteiger partial charge is 0.286 e. The molecule has 0 aliphatic heterocycles. The van der Waals surface area contributed by atoms with E-state index in [4.69, 9.17) is 9.47 Å². The van der Waals surface area contributed by atoms with Gasteiger partial charge in [0.2, 0.25) is 0 Å². The molecule has 0 fully saturated rings. The second-order valence-electron chi connectivity index (χ2n) is 6.84. The number of hydrogen-bond acceptors (Lipinski definition) is 5. The van der Waals surface area contributed by atoms with Crippen molar-refractivity contribution in [2.75, 3.05) is 13.7 Å². The molecule has 3 aromatic rings. The number of amides is 1. The van der Waals surface area contributed by atoms with Crippen LogP contribution in [0.3, 0.4) is 0 Å². The van der Waals surface area contributed by atoms with Gasteiger partial charge in [-0.15, -0.1) is 0 Å². The fraction of sp³-hybridized carbons (Fsp3) is 0.208. The molecular formula is C24H24N2O5. The zero-order chi connectivity index (χ0) is 22.2. The van der Waals surface area contributed by atoms with Gasteiger partial charge in [-0.25, -0.2) is 0 Å². The molecule has 0 heterocycles. The van der Waals surface area contributed by atoms with E-state index in [2.05, 4.69) is 5.32 Å². The van der Waals surface area contributed by atoms with Gasteiger partial charge in [-0.2, -0.15) is 0 Å². The van der Waals surface area contributed by atoms with Crippen molar-refractivity contribution in [1.82, 2.24) is 5.32 Å². The molecule has 0 aromatic heterocycles. The van der Waals surface area contributed by atoms with Crippen LogP contribution in [-0.2, 0) is 6.42 Å². The Morgan fingerprint density at radius 2 is 1.68 bits per heavy atom. The van der Waals surface area contributed by atoms with Crippen LogP contribution in [0.25, 0.3) is 0 Å². The summed E-state index contributed by atoms with van der Waals surface area (Å²) in [6, 6.07) is 21.5. The molecule has 0 bridgehead atoms. The van der Waals surface area contributed by atoms with E-state index in [9.17, 15) is 14.9 Å². The van der Waals surface area contributed by atoms with Gasteiger partial charge >= 0.3 is 0 Å². The minimum absolute atomic E-state index is 0.0803. The highest BCUT2D eigenvalue weighted by Crippen LogP contribution is 2.35. The molecule has 0 saturated carbocycles. The number of methoxy groups -OCH3 is 1. The number of hydrogen-bond donors (Lipinski definition) is 1. The molecule has 3 rings (SSSR count). The van der Waals surface area contributed by atoms with Crippen LogP contribution >= 0.6 is 0 Å². The van der Waals surface area contributed by atoms with Crippen LogP contribution in [0.15, 0.2) is 72.8 Å². The highest BCUT2D eigenvalue weighted by Gasteiger charge is 2.26. The second-order valence-corrected chi connectivity index (χ2v) is 6.84. The van der Waals surface area contributed by atoms with E-state index in [0.29, 0.717) is 13.0 Å². The molecule has 3 aromatic carbocycles. The highest BCUT2D eigenvalue weighted by molar-refractivity contribution is 5.99. The number of carbonyl (C=O) groups is 1. The largest absolute Gasteiger partial charge is 0.493 e. The van der Waals surface area contributed by atoms with E-state index >= 15 is 0 Å². The topological polar surface area (TPSA) is 90.7 Å². The summed E-state index contributed by atoms with van der Waals surface area (Å²) in [5, 5.41) is 14.6. The fourth-order valence-corrected chi connectivity index (χ4v) is 3.33. The quantitative estimate of drug-likeness (QED) is 0.400. The highest BCUT2D eigenvalue weighted by atomic mass is 16.6. The summed E-state index contributed by atoms with van der Waals surface area (Å²) in [6.45, 7) is 2.11. The standard InChI is InChI=1S/C24H24N2O5/c1-3-31-23-15-19(21(26(28)29)16-22(23)30-2)24(27)25-20(18-12-8-5-9-13-18)14-17-10-6-4-7-11-17/h4-13,15-16,20H,3,14H2,1-2H3,(H,25,27). The molecule has 0 radical (unpaired) electrons. The average Bonchev–Trinajstić information content (AvgIpc) is 2.79. The van der Waals surface area contributed by atoms with Crippen molar-refractivity contribution >= 4 is 11.6 Å². The minimum atomic E-state index is -0.595. The van der Waals surface area contributed by atoms with Gasteiger partial charge < -0.3 is 14.8 Å². The second kappa shape index (κ2) is 10.2. The van der Waals surface area contributed by atoms with Crippen molar-refractivity contribution in [3.8, 4) is 11.5 Å². The molecule has 0 aliphatic rings. The Hall–Kier alpha value is -3.87. The summed E-state index contributed by atoms with van der Waals surface area (Å²) >= 11 is 0. The number of nitro benzene ring substituents is 1. The van der Waals surface area contributed by atoms with Gasteiger partial charge in [0.05, 0.1) is 30.7 Å². The molecule has 0 spiro atoms. The summed E-state index contributed by atoms with van der Waals surface area (Å²) in [7, 11) is 1.40. The summed E-state index contributed by atoms with van der Waals surface area (Å²) < 4.78 is 10.7. The number of nitrogens with one attached hydrogen (secondary N) is 1. The molecule has 1 atom stereocenters. The Morgan fingerprint density at radius 3 is 2.26 bits per heavy atom. The predicted octanol–water partition coefficient (Wildman–Crippen LogP) is 4.72. The molecule has 1 amide bonds. The van der Waals surface area contributed by atoms with Crippen molar-refractivity contribution in [1.29, 1.82) is 0 Å². The molecule has 1 unspecified atom stereocenters. The van der Waals surface area contributed by atoms with Gasteiger partial charge in [-0.05, 0) is 24.5 Å². The molecule has 31 heavy (non-hydrogen) atoms. The number of ether oxygens (including phenoxy) is 2. The lowest BCUT2D eigenvalue weighted by molar-refractivity contribution is -0.385. The van der Waals surface area contributed by atoms with Gasteiger partial charge in [0, 0.05) is 6.07 Å². The Morgan fingerprint density at radius 1 is 1.03 bits per heavy atom. The monoisotopic (exact) mass is 420 g/mol. The van der Waals surface area contributed by atoms with E-state index < -0.39 is 10.8 Å². The first-order valence-corrected chi connectivity index (χ1v) is 9.92. The summed E-state index contributed by atoms with van der Waals surface area (Å²) in [5.74, 6) is -0.0749. The Balaban J connectivity index is 1.97. The van der Waals surface area contributed by atoms with Crippen LogP contribution in [0.1, 0.15) is 34.5 Å². The van der Waals surface area contributed by atoms with Crippen molar-refractivity contribution in [2.45, 2.75) is 19.4 Å². The third kappa shape index (κ3) is 5.39. The van der Waals surface area contributed by atoms with Crippen molar-refractivity contribution in [2.24, 2.45) is 0 Å². The summed E-state index contributed by atoms with van der Waals surface area (Å²) in [4.78, 5) is 24.2. The fourth-order valence-electron chi connectivity index (χ4n) is 3.33. The molecule has 7 nitrogen and oxygen atoms in total. The third-order valence-corrected chi connectivity index (χ3v) is 4.81. The van der Waals surface area contributed by atoms with Gasteiger partial charge in [0.15, 0.2) is 11.5 Å². The molecule has 7 heteroatoms. The van der Waals surface area contributed by atoms with Gasteiger partial charge in [-0.3, -0.25) is 14.9 Å². The maximum atomic E-state index is 13.2. The van der Waals surface area contributed by atoms with E-state index in [1.54, 1.807) is 6.92 Å². The lowest BCUT2D eigenvalue weighted by Crippen LogP contribution is -2.30. The lowest BCUT2D eigenvalue weighted by Gasteiger charge is -2.20. The number of benzene rings is 3. The van der Waals surface area contributed by atoms with E-state index in [0.717, 1.165) is 11.1 Å². The van der Waals surface area contributed by atoms with Crippen LogP contribution in [0.5, 0.6) is 11.5 Å². The molecule has 160 valence electrons. The van der Waals surface area contributed by atoms with E-state index in [-0.39, 0.29) is 28.8 Å².